The fraction of sp³-hybridized carbons (Fsp3) is 0. The van der Waals surface area contributed by atoms with Gasteiger partial charge in [-0.25, -0.2) is 0 Å². The second-order valence-corrected chi connectivity index (χ2v) is 1.91. The quantitative estimate of drug-likeness (QED) is 0.609. The molecule has 0 fully saturated rings. The highest BCUT2D eigenvalue weighted by molar-refractivity contribution is 5.32. The summed E-state index contributed by atoms with van der Waals surface area (Å²) < 4.78 is 9.52. The van der Waals surface area contributed by atoms with E-state index in [1.165, 1.54) is 0 Å². The van der Waals surface area contributed by atoms with Crippen molar-refractivity contribution in [3.05, 3.63) is 24.3 Å². The molecule has 0 amide bonds. The second kappa shape index (κ2) is 3.95. The summed E-state index contributed by atoms with van der Waals surface area (Å²) in [5.41, 5.74) is 0. The summed E-state index contributed by atoms with van der Waals surface area (Å²) in [6.07, 6.45) is 14.0. The van der Waals surface area contributed by atoms with Crippen molar-refractivity contribution < 1.29 is 9.47 Å². The Kier molecular flexibility index (Phi) is 2.65. The van der Waals surface area contributed by atoms with Crippen LogP contribution in [-0.4, -0.2) is 0 Å². The zero-order valence-corrected chi connectivity index (χ0v) is 6.28. The molecule has 0 unspecified atom stereocenters. The van der Waals surface area contributed by atoms with Crippen LogP contribution in [0.2, 0.25) is 0 Å². The molecule has 0 aromatic heterocycles. The third kappa shape index (κ3) is 1.97. The van der Waals surface area contributed by atoms with Gasteiger partial charge in [-0.2, -0.15) is 0 Å². The van der Waals surface area contributed by atoms with Gasteiger partial charge >= 0.3 is 0 Å². The van der Waals surface area contributed by atoms with E-state index in [-0.39, 0.29) is 0 Å². The first-order valence-electron chi connectivity index (χ1n) is 3.22. The molecule has 2 heteroatoms. The summed E-state index contributed by atoms with van der Waals surface area (Å²) in [6.45, 7) is 0. The van der Waals surface area contributed by atoms with Crippen molar-refractivity contribution in [2.45, 2.75) is 0 Å². The van der Waals surface area contributed by atoms with Crippen molar-refractivity contribution in [2.24, 2.45) is 0 Å². The maximum atomic E-state index is 4.92. The molecule has 0 spiro atoms. The van der Waals surface area contributed by atoms with E-state index in [9.17, 15) is 0 Å². The molecule has 58 valence electrons. The Balaban J connectivity index is 2.74. The number of hydrogen-bond acceptors (Lipinski definition) is 2. The fourth-order valence-corrected chi connectivity index (χ4v) is 0.712. The average Bonchev–Trinajstić information content (AvgIpc) is 2.09. The first-order valence-corrected chi connectivity index (χ1v) is 3.22. The zero-order valence-electron chi connectivity index (χ0n) is 6.28. The van der Waals surface area contributed by atoms with Gasteiger partial charge in [0, 0.05) is 0 Å². The smallest absolute Gasteiger partial charge is 0.140 e. The molecule has 0 aliphatic rings. The standard InChI is InChI=1S/C10H6O2/c1-3-11-9-5-7-10(8-6-9)12-4-2/h1-2,5-8H. The summed E-state index contributed by atoms with van der Waals surface area (Å²) in [5, 5.41) is 0. The molecule has 0 bridgehead atoms. The minimum Gasteiger partial charge on any atom is -0.408 e. The largest absolute Gasteiger partial charge is 0.408 e. The summed E-state index contributed by atoms with van der Waals surface area (Å²) in [7, 11) is 0. The first-order chi connectivity index (χ1) is 5.86. The second-order valence-electron chi connectivity index (χ2n) is 1.91. The molecule has 0 heterocycles. The highest BCUT2D eigenvalue weighted by Gasteiger charge is 1.92. The van der Waals surface area contributed by atoms with E-state index in [2.05, 4.69) is 12.2 Å². The molecule has 1 aromatic rings. The summed E-state index contributed by atoms with van der Waals surface area (Å²) in [5.74, 6) is 1.17. The molecule has 0 aliphatic carbocycles. The van der Waals surface area contributed by atoms with Crippen LogP contribution < -0.4 is 9.47 Å². The van der Waals surface area contributed by atoms with Crippen LogP contribution >= 0.6 is 0 Å². The Morgan fingerprint density at radius 1 is 0.833 bits per heavy atom. The minimum atomic E-state index is 0.585. The third-order valence-electron chi connectivity index (χ3n) is 1.18. The van der Waals surface area contributed by atoms with E-state index in [0.717, 1.165) is 0 Å². The van der Waals surface area contributed by atoms with Gasteiger partial charge in [-0.1, -0.05) is 12.8 Å². The van der Waals surface area contributed by atoms with E-state index >= 15 is 0 Å². The van der Waals surface area contributed by atoms with Crippen LogP contribution in [0.1, 0.15) is 0 Å². The van der Waals surface area contributed by atoms with Crippen LogP contribution in [-0.2, 0) is 0 Å². The van der Waals surface area contributed by atoms with Gasteiger partial charge < -0.3 is 9.47 Å². The summed E-state index contributed by atoms with van der Waals surface area (Å²) in [4.78, 5) is 0. The summed E-state index contributed by atoms with van der Waals surface area (Å²) >= 11 is 0. The van der Waals surface area contributed by atoms with Gasteiger partial charge in [-0.3, -0.25) is 0 Å². The Hall–Kier alpha value is -2.06. The maximum Gasteiger partial charge on any atom is 0.140 e. The molecule has 1 aromatic carbocycles. The predicted molar refractivity (Wildman–Crippen MR) is 45.4 cm³/mol. The van der Waals surface area contributed by atoms with E-state index in [1.54, 1.807) is 24.3 Å². The number of terminal acetylenes is 2. The van der Waals surface area contributed by atoms with E-state index in [4.69, 9.17) is 22.3 Å². The number of rotatable bonds is 2. The van der Waals surface area contributed by atoms with Gasteiger partial charge in [0.05, 0.1) is 0 Å². The zero-order chi connectivity index (χ0) is 8.81. The molecule has 0 saturated carbocycles. The number of benzene rings is 1. The Morgan fingerprint density at radius 3 is 1.42 bits per heavy atom. The monoisotopic (exact) mass is 158 g/mol. The summed E-state index contributed by atoms with van der Waals surface area (Å²) in [6, 6.07) is 6.69. The Labute approximate surface area is 71.1 Å². The SMILES string of the molecule is C#COc1ccc(OC#C)cc1. The predicted octanol–water partition coefficient (Wildman–Crippen LogP) is 1.63. The molecule has 0 saturated heterocycles. The van der Waals surface area contributed by atoms with Crippen molar-refractivity contribution >= 4 is 0 Å². The minimum absolute atomic E-state index is 0.585. The van der Waals surface area contributed by atoms with Gasteiger partial charge in [0.1, 0.15) is 23.7 Å². The molecular weight excluding hydrogens is 152 g/mol. The molecule has 0 radical (unpaired) electrons. The lowest BCUT2D eigenvalue weighted by Crippen LogP contribution is -1.83. The van der Waals surface area contributed by atoms with Crippen molar-refractivity contribution in [3.63, 3.8) is 0 Å². The van der Waals surface area contributed by atoms with Gasteiger partial charge in [-0.05, 0) is 24.3 Å². The van der Waals surface area contributed by atoms with Crippen LogP contribution in [0.3, 0.4) is 0 Å². The molecule has 0 atom stereocenters. The van der Waals surface area contributed by atoms with Gasteiger partial charge in [-0.15, -0.1) is 0 Å². The lowest BCUT2D eigenvalue weighted by Gasteiger charge is -1.98. The fourth-order valence-electron chi connectivity index (χ4n) is 0.712. The number of ether oxygens (including phenoxy) is 2. The lowest BCUT2D eigenvalue weighted by molar-refractivity contribution is 0.506. The normalized spacial score (nSPS) is 7.83. The van der Waals surface area contributed by atoms with Crippen molar-refractivity contribution in [1.82, 2.24) is 0 Å². The van der Waals surface area contributed by atoms with Crippen LogP contribution in [0.5, 0.6) is 11.5 Å². The lowest BCUT2D eigenvalue weighted by atomic mass is 10.3. The number of hydrogen-bond donors (Lipinski definition) is 0. The highest BCUT2D eigenvalue weighted by Crippen LogP contribution is 2.16. The van der Waals surface area contributed by atoms with Crippen LogP contribution in [0.4, 0.5) is 0 Å². The van der Waals surface area contributed by atoms with E-state index in [1.807, 2.05) is 0 Å². The Bertz CT molecular complexity index is 289. The van der Waals surface area contributed by atoms with Gasteiger partial charge in [0.2, 0.25) is 0 Å². The molecule has 0 N–H and O–H groups in total. The van der Waals surface area contributed by atoms with Crippen molar-refractivity contribution in [2.75, 3.05) is 0 Å². The highest BCUT2D eigenvalue weighted by atomic mass is 16.5. The van der Waals surface area contributed by atoms with Crippen molar-refractivity contribution in [1.29, 1.82) is 0 Å². The Morgan fingerprint density at radius 2 is 1.17 bits per heavy atom. The van der Waals surface area contributed by atoms with Crippen LogP contribution in [0, 0.1) is 25.1 Å². The molecular formula is C10H6O2. The molecule has 2 nitrogen and oxygen atoms in total. The van der Waals surface area contributed by atoms with E-state index in [0.29, 0.717) is 11.5 Å². The van der Waals surface area contributed by atoms with Crippen molar-refractivity contribution in [3.8, 4) is 36.6 Å². The van der Waals surface area contributed by atoms with Gasteiger partial charge in [0.15, 0.2) is 0 Å². The molecule has 12 heavy (non-hydrogen) atoms. The maximum absolute atomic E-state index is 4.92. The first kappa shape index (κ1) is 8.04. The van der Waals surface area contributed by atoms with Crippen LogP contribution in [0.25, 0.3) is 0 Å². The topological polar surface area (TPSA) is 18.5 Å². The molecule has 0 aliphatic heterocycles. The average molecular weight is 158 g/mol. The van der Waals surface area contributed by atoms with Gasteiger partial charge in [0.25, 0.3) is 0 Å². The molecule has 1 rings (SSSR count). The third-order valence-corrected chi connectivity index (χ3v) is 1.18. The van der Waals surface area contributed by atoms with E-state index < -0.39 is 0 Å². The van der Waals surface area contributed by atoms with Crippen LogP contribution in [0.15, 0.2) is 24.3 Å².